The molecule has 2 aliphatic rings. The summed E-state index contributed by atoms with van der Waals surface area (Å²) in [5.74, 6) is 0.424. The van der Waals surface area contributed by atoms with E-state index < -0.39 is 0 Å². The van der Waals surface area contributed by atoms with Crippen LogP contribution in [0, 0.1) is 6.92 Å². The minimum absolute atomic E-state index is 0.394. The van der Waals surface area contributed by atoms with Crippen molar-refractivity contribution in [2.75, 3.05) is 24.7 Å². The highest BCUT2D eigenvalue weighted by atomic mass is 15.4. The van der Waals surface area contributed by atoms with Crippen LogP contribution < -0.4 is 4.90 Å². The molecule has 1 fully saturated rings. The second-order valence-electron chi connectivity index (χ2n) is 8.79. The molecular weight excluding hydrogens is 366 g/mol. The predicted octanol–water partition coefficient (Wildman–Crippen LogP) is 5.64. The lowest BCUT2D eigenvalue weighted by Gasteiger charge is -2.49. The maximum atomic E-state index is 3.82. The molecule has 3 nitrogen and oxygen atoms in total. The Bertz CT molecular complexity index is 1180. The van der Waals surface area contributed by atoms with E-state index in [1.807, 2.05) is 0 Å². The molecule has 30 heavy (non-hydrogen) atoms. The fourth-order valence-corrected chi connectivity index (χ4v) is 5.48. The average molecular weight is 394 g/mol. The molecule has 1 aromatic heterocycles. The van der Waals surface area contributed by atoms with E-state index in [1.54, 1.807) is 0 Å². The van der Waals surface area contributed by atoms with Gasteiger partial charge in [-0.1, -0.05) is 66.2 Å². The number of para-hydroxylation sites is 1. The van der Waals surface area contributed by atoms with Gasteiger partial charge in [-0.05, 0) is 42.7 Å². The van der Waals surface area contributed by atoms with Crippen molar-refractivity contribution in [3.8, 4) is 0 Å². The van der Waals surface area contributed by atoms with E-state index >= 15 is 0 Å². The fraction of sp³-hybridized carbons (Fsp3) is 0.259. The Hall–Kier alpha value is -3.04. The second-order valence-corrected chi connectivity index (χ2v) is 8.79. The molecule has 0 spiro atoms. The SMILES string of the molecule is Cc1ccc(N2C[C@H](c3ccccc3)[C@@H]3c4[nH]c5ccccc5c4CCN3C2)cc1. The zero-order chi connectivity index (χ0) is 20.1. The van der Waals surface area contributed by atoms with Crippen LogP contribution in [0.15, 0.2) is 78.9 Å². The van der Waals surface area contributed by atoms with Crippen LogP contribution in [-0.4, -0.2) is 29.6 Å². The van der Waals surface area contributed by atoms with Crippen molar-refractivity contribution in [2.24, 2.45) is 0 Å². The van der Waals surface area contributed by atoms with Gasteiger partial charge in [0, 0.05) is 41.3 Å². The molecule has 3 aromatic carbocycles. The molecule has 4 aromatic rings. The minimum Gasteiger partial charge on any atom is -0.358 e. The van der Waals surface area contributed by atoms with Crippen molar-refractivity contribution in [1.82, 2.24) is 9.88 Å². The number of rotatable bonds is 2. The van der Waals surface area contributed by atoms with Gasteiger partial charge in [-0.15, -0.1) is 0 Å². The van der Waals surface area contributed by atoms with Crippen LogP contribution in [-0.2, 0) is 6.42 Å². The third-order valence-corrected chi connectivity index (χ3v) is 6.96. The Kier molecular flexibility index (Phi) is 4.17. The molecule has 0 aliphatic carbocycles. The van der Waals surface area contributed by atoms with Gasteiger partial charge in [-0.3, -0.25) is 4.90 Å². The van der Waals surface area contributed by atoms with E-state index in [9.17, 15) is 0 Å². The van der Waals surface area contributed by atoms with Crippen molar-refractivity contribution >= 4 is 16.6 Å². The Morgan fingerprint density at radius 3 is 2.47 bits per heavy atom. The molecule has 1 saturated heterocycles. The number of H-pyrrole nitrogens is 1. The van der Waals surface area contributed by atoms with Gasteiger partial charge in [0.2, 0.25) is 0 Å². The van der Waals surface area contributed by atoms with Crippen molar-refractivity contribution < 1.29 is 0 Å². The van der Waals surface area contributed by atoms with Gasteiger partial charge in [0.25, 0.3) is 0 Å². The smallest absolute Gasteiger partial charge is 0.0713 e. The molecule has 150 valence electrons. The molecule has 0 saturated carbocycles. The molecule has 0 amide bonds. The zero-order valence-corrected chi connectivity index (χ0v) is 17.4. The van der Waals surface area contributed by atoms with E-state index in [0.29, 0.717) is 12.0 Å². The Labute approximate surface area is 177 Å². The van der Waals surface area contributed by atoms with Gasteiger partial charge in [0.05, 0.1) is 12.7 Å². The summed E-state index contributed by atoms with van der Waals surface area (Å²) in [5, 5.41) is 1.40. The zero-order valence-electron chi connectivity index (χ0n) is 17.4. The van der Waals surface area contributed by atoms with E-state index in [2.05, 4.69) is 101 Å². The van der Waals surface area contributed by atoms with Crippen LogP contribution in [0.3, 0.4) is 0 Å². The lowest BCUT2D eigenvalue weighted by molar-refractivity contribution is 0.126. The lowest BCUT2D eigenvalue weighted by Crippen LogP contribution is -2.53. The number of benzene rings is 3. The molecule has 0 unspecified atom stereocenters. The number of aryl methyl sites for hydroxylation is 1. The first-order chi connectivity index (χ1) is 14.8. The maximum absolute atomic E-state index is 3.82. The second kappa shape index (κ2) is 7.03. The molecule has 3 heteroatoms. The van der Waals surface area contributed by atoms with Crippen LogP contribution in [0.4, 0.5) is 5.69 Å². The van der Waals surface area contributed by atoms with Gasteiger partial charge < -0.3 is 9.88 Å². The molecular formula is C27H27N3. The largest absolute Gasteiger partial charge is 0.358 e. The van der Waals surface area contributed by atoms with Gasteiger partial charge in [-0.2, -0.15) is 0 Å². The minimum atomic E-state index is 0.394. The summed E-state index contributed by atoms with van der Waals surface area (Å²) >= 11 is 0. The highest BCUT2D eigenvalue weighted by Crippen LogP contribution is 2.45. The van der Waals surface area contributed by atoms with Crippen molar-refractivity contribution in [3.63, 3.8) is 0 Å². The number of nitrogens with one attached hydrogen (secondary N) is 1. The topological polar surface area (TPSA) is 22.3 Å². The fourth-order valence-electron chi connectivity index (χ4n) is 5.48. The number of anilines is 1. The van der Waals surface area contributed by atoms with Gasteiger partial charge in [0.15, 0.2) is 0 Å². The number of nitrogens with zero attached hydrogens (tertiary/aromatic N) is 2. The summed E-state index contributed by atoms with van der Waals surface area (Å²) < 4.78 is 0. The summed E-state index contributed by atoms with van der Waals surface area (Å²) in [6.07, 6.45) is 1.11. The molecule has 0 bridgehead atoms. The summed E-state index contributed by atoms with van der Waals surface area (Å²) in [6, 6.07) is 29.3. The average Bonchev–Trinajstić information content (AvgIpc) is 3.18. The molecule has 3 heterocycles. The monoisotopic (exact) mass is 393 g/mol. The van der Waals surface area contributed by atoms with Crippen LogP contribution in [0.25, 0.3) is 10.9 Å². The maximum Gasteiger partial charge on any atom is 0.0713 e. The number of aromatic amines is 1. The van der Waals surface area contributed by atoms with Crippen molar-refractivity contribution in [3.05, 3.63) is 101 Å². The summed E-state index contributed by atoms with van der Waals surface area (Å²) in [4.78, 5) is 9.05. The first-order valence-corrected chi connectivity index (χ1v) is 11.0. The van der Waals surface area contributed by atoms with Crippen LogP contribution in [0.2, 0.25) is 0 Å². The number of hydrogen-bond acceptors (Lipinski definition) is 2. The first-order valence-electron chi connectivity index (χ1n) is 11.0. The van der Waals surface area contributed by atoms with Crippen LogP contribution in [0.1, 0.15) is 34.3 Å². The van der Waals surface area contributed by atoms with Gasteiger partial charge in [0.1, 0.15) is 0 Å². The molecule has 6 rings (SSSR count). The quantitative estimate of drug-likeness (QED) is 0.476. The molecule has 0 radical (unpaired) electrons. The van der Waals surface area contributed by atoms with Gasteiger partial charge >= 0.3 is 0 Å². The Morgan fingerprint density at radius 2 is 1.63 bits per heavy atom. The van der Waals surface area contributed by atoms with Crippen LogP contribution >= 0.6 is 0 Å². The highest BCUT2D eigenvalue weighted by molar-refractivity contribution is 5.85. The third kappa shape index (κ3) is 2.85. The number of aromatic nitrogens is 1. The molecule has 2 aliphatic heterocycles. The number of hydrogen-bond donors (Lipinski definition) is 1. The summed E-state index contributed by atoms with van der Waals surface area (Å²) in [5.41, 5.74) is 8.29. The first kappa shape index (κ1) is 17.8. The third-order valence-electron chi connectivity index (χ3n) is 6.96. The van der Waals surface area contributed by atoms with E-state index in [0.717, 1.165) is 26.2 Å². The lowest BCUT2D eigenvalue weighted by atomic mass is 9.82. The van der Waals surface area contributed by atoms with Gasteiger partial charge in [-0.25, -0.2) is 0 Å². The molecule has 1 N–H and O–H groups in total. The van der Waals surface area contributed by atoms with Crippen molar-refractivity contribution in [2.45, 2.75) is 25.3 Å². The van der Waals surface area contributed by atoms with Crippen molar-refractivity contribution in [1.29, 1.82) is 0 Å². The number of fused-ring (bicyclic) bond motifs is 5. The summed E-state index contributed by atoms with van der Waals surface area (Å²) in [7, 11) is 0. The molecule has 2 atom stereocenters. The van der Waals surface area contributed by atoms with E-state index in [1.165, 1.54) is 39.0 Å². The standard InChI is InChI=1S/C27H27N3/c1-19-11-13-21(14-12-19)30-17-24(20-7-3-2-4-8-20)27-26-23(15-16-29(27)18-30)22-9-5-6-10-25(22)28-26/h2-14,24,27-28H,15-18H2,1H3/t24-,27-/m1/s1. The van der Waals surface area contributed by atoms with Crippen LogP contribution in [0.5, 0.6) is 0 Å². The highest BCUT2D eigenvalue weighted by Gasteiger charge is 2.41. The Balaban J connectivity index is 1.46. The van der Waals surface area contributed by atoms with E-state index in [-0.39, 0.29) is 0 Å². The normalized spacial score (nSPS) is 21.4. The summed E-state index contributed by atoms with van der Waals surface area (Å²) in [6.45, 7) is 5.27. The Morgan fingerprint density at radius 1 is 0.867 bits per heavy atom. The predicted molar refractivity (Wildman–Crippen MR) is 124 cm³/mol. The van der Waals surface area contributed by atoms with E-state index in [4.69, 9.17) is 0 Å².